The molecule has 0 bridgehead atoms. The maximum Gasteiger partial charge on any atom is 0.332 e. The zero-order valence-electron chi connectivity index (χ0n) is 8.55. The molecule has 0 aromatic rings. The van der Waals surface area contributed by atoms with E-state index in [-0.39, 0.29) is 0 Å². The number of nitrogens with one attached hydrogen (secondary N) is 1. The van der Waals surface area contributed by atoms with E-state index in [2.05, 4.69) is 16.6 Å². The van der Waals surface area contributed by atoms with Crippen LogP contribution in [0.3, 0.4) is 0 Å². The van der Waals surface area contributed by atoms with Gasteiger partial charge in [0.2, 0.25) is 0 Å². The van der Waals surface area contributed by atoms with Crippen molar-refractivity contribution in [2.45, 2.75) is 39.0 Å². The van der Waals surface area contributed by atoms with Gasteiger partial charge in [0.05, 0.1) is 5.71 Å². The molecule has 0 heterocycles. The second-order valence-electron chi connectivity index (χ2n) is 3.36. The maximum atomic E-state index is 10.5. The summed E-state index contributed by atoms with van der Waals surface area (Å²) < 4.78 is 0. The van der Waals surface area contributed by atoms with Gasteiger partial charge in [-0.1, -0.05) is 13.0 Å². The number of nitrogens with two attached hydrogens (primary N) is 1. The van der Waals surface area contributed by atoms with Crippen molar-refractivity contribution in [1.29, 1.82) is 0 Å². The first kappa shape index (κ1) is 10.8. The fourth-order valence-corrected chi connectivity index (χ4v) is 1.60. The van der Waals surface area contributed by atoms with Gasteiger partial charge in [-0.2, -0.15) is 5.10 Å². The predicted octanol–water partition coefficient (Wildman–Crippen LogP) is 1.92. The summed E-state index contributed by atoms with van der Waals surface area (Å²) in [6.07, 6.45) is 7.67. The molecule has 0 atom stereocenters. The lowest BCUT2D eigenvalue weighted by Gasteiger charge is -2.13. The van der Waals surface area contributed by atoms with Gasteiger partial charge in [0.25, 0.3) is 0 Å². The molecule has 78 valence electrons. The van der Waals surface area contributed by atoms with Crippen molar-refractivity contribution >= 4 is 11.7 Å². The minimum atomic E-state index is -0.604. The first-order valence-electron chi connectivity index (χ1n) is 5.05. The Kier molecular flexibility index (Phi) is 4.16. The predicted molar refractivity (Wildman–Crippen MR) is 57.0 cm³/mol. The average molecular weight is 195 g/mol. The lowest BCUT2D eigenvalue weighted by molar-refractivity contribution is 0.249. The highest BCUT2D eigenvalue weighted by Gasteiger charge is 2.08. The highest BCUT2D eigenvalue weighted by atomic mass is 16.2. The van der Waals surface area contributed by atoms with E-state index in [1.807, 2.05) is 6.92 Å². The number of carbonyl (C=O) groups excluding carboxylic acids is 1. The van der Waals surface area contributed by atoms with Crippen molar-refractivity contribution in [3.63, 3.8) is 0 Å². The molecule has 0 fully saturated rings. The van der Waals surface area contributed by atoms with Gasteiger partial charge in [-0.3, -0.25) is 0 Å². The minimum Gasteiger partial charge on any atom is -0.350 e. The molecule has 2 amide bonds. The van der Waals surface area contributed by atoms with E-state index in [9.17, 15) is 4.79 Å². The first-order chi connectivity index (χ1) is 6.74. The number of primary amides is 1. The highest BCUT2D eigenvalue weighted by Crippen LogP contribution is 2.19. The highest BCUT2D eigenvalue weighted by molar-refractivity contribution is 6.00. The molecular weight excluding hydrogens is 178 g/mol. The Morgan fingerprint density at radius 1 is 1.64 bits per heavy atom. The number of allylic oxidation sites excluding steroid dienone is 2. The van der Waals surface area contributed by atoms with Gasteiger partial charge in [0, 0.05) is 0 Å². The van der Waals surface area contributed by atoms with Crippen LogP contribution in [0.1, 0.15) is 39.0 Å². The fourth-order valence-electron chi connectivity index (χ4n) is 1.60. The fraction of sp³-hybridized carbons (Fsp3) is 0.600. The molecule has 0 saturated heterocycles. The number of amides is 2. The quantitative estimate of drug-likeness (QED) is 0.524. The van der Waals surface area contributed by atoms with Crippen LogP contribution < -0.4 is 11.2 Å². The number of hydrazone groups is 1. The zero-order valence-corrected chi connectivity index (χ0v) is 8.55. The molecule has 0 aliphatic heterocycles. The number of rotatable bonds is 3. The van der Waals surface area contributed by atoms with Crippen molar-refractivity contribution in [2.24, 2.45) is 10.8 Å². The maximum absolute atomic E-state index is 10.5. The molecule has 4 heteroatoms. The van der Waals surface area contributed by atoms with Gasteiger partial charge >= 0.3 is 6.03 Å². The van der Waals surface area contributed by atoms with Gasteiger partial charge in [0.15, 0.2) is 0 Å². The lowest BCUT2D eigenvalue weighted by atomic mass is 9.95. The summed E-state index contributed by atoms with van der Waals surface area (Å²) in [6.45, 7) is 2.02. The zero-order chi connectivity index (χ0) is 10.4. The normalized spacial score (nSPS) is 17.5. The molecule has 14 heavy (non-hydrogen) atoms. The first-order valence-corrected chi connectivity index (χ1v) is 5.05. The Morgan fingerprint density at radius 2 is 2.43 bits per heavy atom. The minimum absolute atomic E-state index is 0.604. The van der Waals surface area contributed by atoms with E-state index in [1.54, 1.807) is 0 Å². The third kappa shape index (κ3) is 3.20. The van der Waals surface area contributed by atoms with E-state index in [4.69, 9.17) is 5.73 Å². The van der Waals surface area contributed by atoms with E-state index in [0.29, 0.717) is 0 Å². The van der Waals surface area contributed by atoms with Crippen LogP contribution in [0.25, 0.3) is 0 Å². The van der Waals surface area contributed by atoms with Crippen molar-refractivity contribution in [1.82, 2.24) is 5.43 Å². The summed E-state index contributed by atoms with van der Waals surface area (Å²) in [5.41, 5.74) is 9.43. The third-order valence-corrected chi connectivity index (χ3v) is 2.30. The summed E-state index contributed by atoms with van der Waals surface area (Å²) >= 11 is 0. The summed E-state index contributed by atoms with van der Waals surface area (Å²) in [7, 11) is 0. The number of carbonyl (C=O) groups is 1. The number of nitrogens with zero attached hydrogens (tertiary/aromatic N) is 1. The Morgan fingerprint density at radius 3 is 2.93 bits per heavy atom. The van der Waals surface area contributed by atoms with Crippen molar-refractivity contribution in [3.05, 3.63) is 11.6 Å². The van der Waals surface area contributed by atoms with E-state index < -0.39 is 6.03 Å². The van der Waals surface area contributed by atoms with Crippen molar-refractivity contribution < 1.29 is 4.79 Å². The lowest BCUT2D eigenvalue weighted by Crippen LogP contribution is -2.26. The molecule has 1 rings (SSSR count). The van der Waals surface area contributed by atoms with Crippen molar-refractivity contribution in [2.75, 3.05) is 0 Å². The number of urea groups is 1. The van der Waals surface area contributed by atoms with Gasteiger partial charge < -0.3 is 5.73 Å². The Hall–Kier alpha value is -1.32. The van der Waals surface area contributed by atoms with Crippen LogP contribution in [0.4, 0.5) is 4.79 Å². The Labute approximate surface area is 84.2 Å². The molecule has 1 aliphatic rings. The molecule has 0 unspecified atom stereocenters. The van der Waals surface area contributed by atoms with Gasteiger partial charge in [-0.15, -0.1) is 0 Å². The van der Waals surface area contributed by atoms with Gasteiger partial charge in [-0.25, -0.2) is 10.2 Å². The monoisotopic (exact) mass is 195 g/mol. The largest absolute Gasteiger partial charge is 0.350 e. The van der Waals surface area contributed by atoms with Crippen LogP contribution in [-0.2, 0) is 0 Å². The standard InChI is InChI=1S/C10H17N3O/c1-2-9(12-13-10(11)14)8-6-4-3-5-7-8/h6H,2-5,7H2,1H3,(H3,11,13,14). The molecular formula is C10H17N3O. The molecule has 0 aromatic heterocycles. The molecule has 0 saturated carbocycles. The number of hydrogen-bond donors (Lipinski definition) is 2. The SMILES string of the molecule is CCC(=NNC(N)=O)C1=CCCCC1. The van der Waals surface area contributed by atoms with E-state index in [1.165, 1.54) is 18.4 Å². The summed E-state index contributed by atoms with van der Waals surface area (Å²) in [6, 6.07) is -0.604. The molecule has 0 radical (unpaired) electrons. The second kappa shape index (κ2) is 5.42. The summed E-state index contributed by atoms with van der Waals surface area (Å²) in [4.78, 5) is 10.5. The van der Waals surface area contributed by atoms with Crippen LogP contribution in [0.2, 0.25) is 0 Å². The van der Waals surface area contributed by atoms with E-state index >= 15 is 0 Å². The molecule has 0 aromatic carbocycles. The van der Waals surface area contributed by atoms with Crippen LogP contribution in [0.5, 0.6) is 0 Å². The Bertz CT molecular complexity index is 269. The molecule has 1 aliphatic carbocycles. The van der Waals surface area contributed by atoms with Crippen molar-refractivity contribution in [3.8, 4) is 0 Å². The molecule has 3 N–H and O–H groups in total. The third-order valence-electron chi connectivity index (χ3n) is 2.30. The summed E-state index contributed by atoms with van der Waals surface area (Å²) in [5.74, 6) is 0. The topological polar surface area (TPSA) is 67.5 Å². The molecule has 4 nitrogen and oxygen atoms in total. The van der Waals surface area contributed by atoms with E-state index in [0.717, 1.165) is 25.0 Å². The molecule has 0 spiro atoms. The second-order valence-corrected chi connectivity index (χ2v) is 3.36. The van der Waals surface area contributed by atoms with Gasteiger partial charge in [0.1, 0.15) is 0 Å². The summed E-state index contributed by atoms with van der Waals surface area (Å²) in [5, 5.41) is 3.99. The smallest absolute Gasteiger partial charge is 0.332 e. The van der Waals surface area contributed by atoms with Crippen LogP contribution >= 0.6 is 0 Å². The van der Waals surface area contributed by atoms with Crippen LogP contribution in [0.15, 0.2) is 16.8 Å². The average Bonchev–Trinajstić information content (AvgIpc) is 2.20. The number of hydrogen-bond acceptors (Lipinski definition) is 2. The van der Waals surface area contributed by atoms with Crippen LogP contribution in [0, 0.1) is 0 Å². The van der Waals surface area contributed by atoms with Gasteiger partial charge in [-0.05, 0) is 37.7 Å². The Balaban J connectivity index is 2.64. The van der Waals surface area contributed by atoms with Crippen LogP contribution in [-0.4, -0.2) is 11.7 Å².